The summed E-state index contributed by atoms with van der Waals surface area (Å²) in [5.74, 6) is 1.34. The molecular formula is C18H18N2O4S2. The van der Waals surface area contributed by atoms with Crippen LogP contribution in [0.1, 0.15) is 6.92 Å². The van der Waals surface area contributed by atoms with Crippen molar-refractivity contribution in [2.24, 2.45) is 0 Å². The van der Waals surface area contributed by atoms with E-state index in [0.29, 0.717) is 28.9 Å². The van der Waals surface area contributed by atoms with Crippen molar-refractivity contribution >= 4 is 26.5 Å². The van der Waals surface area contributed by atoms with E-state index in [-0.39, 0.29) is 4.90 Å². The molecule has 3 rings (SSSR count). The third-order valence-electron chi connectivity index (χ3n) is 3.54. The minimum Gasteiger partial charge on any atom is -0.497 e. The van der Waals surface area contributed by atoms with Crippen LogP contribution in [0.3, 0.4) is 0 Å². The molecule has 0 aliphatic rings. The number of sulfonamides is 1. The fraction of sp³-hybridized carbons (Fsp3) is 0.167. The van der Waals surface area contributed by atoms with Gasteiger partial charge in [-0.2, -0.15) is 0 Å². The molecule has 0 aliphatic heterocycles. The molecule has 0 aliphatic carbocycles. The lowest BCUT2D eigenvalue weighted by atomic mass is 10.2. The lowest BCUT2D eigenvalue weighted by Gasteiger charge is -2.07. The Morgan fingerprint density at radius 2 is 1.88 bits per heavy atom. The Hall–Kier alpha value is -2.58. The van der Waals surface area contributed by atoms with E-state index in [4.69, 9.17) is 9.47 Å². The molecule has 1 aromatic heterocycles. The minimum absolute atomic E-state index is 0.152. The molecule has 136 valence electrons. The summed E-state index contributed by atoms with van der Waals surface area (Å²) < 4.78 is 38.1. The maximum Gasteiger partial charge on any atom is 0.263 e. The molecule has 0 spiro atoms. The van der Waals surface area contributed by atoms with Crippen molar-refractivity contribution in [1.82, 2.24) is 4.98 Å². The zero-order chi connectivity index (χ0) is 18.6. The standard InChI is InChI=1S/C18H18N2O4S2/c1-3-24-14-7-9-16(10-8-14)26(21,22)20-18-19-17(12-25-18)13-5-4-6-15(11-13)23-2/h4-12H,3H2,1-2H3,(H,19,20). The van der Waals surface area contributed by atoms with Crippen LogP contribution < -0.4 is 14.2 Å². The summed E-state index contributed by atoms with van der Waals surface area (Å²) in [4.78, 5) is 4.51. The van der Waals surface area contributed by atoms with Gasteiger partial charge in [-0.05, 0) is 43.3 Å². The molecule has 0 bridgehead atoms. The summed E-state index contributed by atoms with van der Waals surface area (Å²) in [6, 6.07) is 13.7. The van der Waals surface area contributed by atoms with Crippen LogP contribution in [-0.4, -0.2) is 27.1 Å². The minimum atomic E-state index is -3.71. The average Bonchev–Trinajstić information content (AvgIpc) is 3.10. The van der Waals surface area contributed by atoms with Crippen molar-refractivity contribution in [3.8, 4) is 22.8 Å². The van der Waals surface area contributed by atoms with Gasteiger partial charge in [0.05, 0.1) is 24.3 Å². The van der Waals surface area contributed by atoms with Gasteiger partial charge < -0.3 is 9.47 Å². The van der Waals surface area contributed by atoms with E-state index in [1.54, 1.807) is 24.6 Å². The quantitative estimate of drug-likeness (QED) is 0.659. The monoisotopic (exact) mass is 390 g/mol. The first-order valence-electron chi connectivity index (χ1n) is 7.87. The van der Waals surface area contributed by atoms with Crippen molar-refractivity contribution in [3.05, 3.63) is 53.9 Å². The van der Waals surface area contributed by atoms with Gasteiger partial charge in [0.25, 0.3) is 10.0 Å². The van der Waals surface area contributed by atoms with Gasteiger partial charge in [-0.1, -0.05) is 12.1 Å². The summed E-state index contributed by atoms with van der Waals surface area (Å²) >= 11 is 1.22. The maximum atomic E-state index is 12.5. The zero-order valence-corrected chi connectivity index (χ0v) is 15.9. The van der Waals surface area contributed by atoms with Crippen molar-refractivity contribution < 1.29 is 17.9 Å². The van der Waals surface area contributed by atoms with Crippen LogP contribution >= 0.6 is 11.3 Å². The molecule has 0 saturated carbocycles. The summed E-state index contributed by atoms with van der Waals surface area (Å²) in [6.45, 7) is 2.39. The Labute approximate surface area is 156 Å². The van der Waals surface area contributed by atoms with E-state index in [1.165, 1.54) is 23.5 Å². The molecule has 8 heteroatoms. The summed E-state index contributed by atoms with van der Waals surface area (Å²) in [5.41, 5.74) is 1.53. The van der Waals surface area contributed by atoms with E-state index in [1.807, 2.05) is 31.2 Å². The highest BCUT2D eigenvalue weighted by Gasteiger charge is 2.16. The summed E-state index contributed by atoms with van der Waals surface area (Å²) in [6.07, 6.45) is 0. The first-order valence-corrected chi connectivity index (χ1v) is 10.2. The molecule has 0 amide bonds. The van der Waals surface area contributed by atoms with Crippen LogP contribution in [0, 0.1) is 0 Å². The Kier molecular flexibility index (Phi) is 5.43. The number of hydrogen-bond donors (Lipinski definition) is 1. The first kappa shape index (κ1) is 18.2. The predicted octanol–water partition coefficient (Wildman–Crippen LogP) is 4.02. The molecule has 1 heterocycles. The number of anilines is 1. The molecule has 3 aromatic rings. The number of nitrogens with zero attached hydrogens (tertiary/aromatic N) is 1. The summed E-state index contributed by atoms with van der Waals surface area (Å²) in [5, 5.41) is 2.10. The number of methoxy groups -OCH3 is 1. The second kappa shape index (κ2) is 7.76. The van der Waals surface area contributed by atoms with E-state index in [2.05, 4.69) is 9.71 Å². The van der Waals surface area contributed by atoms with Crippen LogP contribution in [-0.2, 0) is 10.0 Å². The van der Waals surface area contributed by atoms with Gasteiger partial charge in [-0.25, -0.2) is 13.4 Å². The molecule has 0 atom stereocenters. The molecule has 0 saturated heterocycles. The van der Waals surface area contributed by atoms with Gasteiger partial charge in [0.1, 0.15) is 11.5 Å². The normalized spacial score (nSPS) is 11.2. The maximum absolute atomic E-state index is 12.5. The van der Waals surface area contributed by atoms with Crippen molar-refractivity contribution in [2.75, 3.05) is 18.4 Å². The molecule has 6 nitrogen and oxygen atoms in total. The number of ether oxygens (including phenoxy) is 2. The van der Waals surface area contributed by atoms with Crippen LogP contribution in [0.15, 0.2) is 58.8 Å². The second-order valence-corrected chi connectivity index (χ2v) is 7.82. The van der Waals surface area contributed by atoms with Gasteiger partial charge in [0, 0.05) is 10.9 Å². The average molecular weight is 390 g/mol. The van der Waals surface area contributed by atoms with Crippen LogP contribution in [0.25, 0.3) is 11.3 Å². The van der Waals surface area contributed by atoms with Crippen molar-refractivity contribution in [1.29, 1.82) is 0 Å². The van der Waals surface area contributed by atoms with Gasteiger partial charge >= 0.3 is 0 Å². The van der Waals surface area contributed by atoms with Crippen LogP contribution in [0.2, 0.25) is 0 Å². The molecule has 0 fully saturated rings. The van der Waals surface area contributed by atoms with Crippen molar-refractivity contribution in [3.63, 3.8) is 0 Å². The smallest absolute Gasteiger partial charge is 0.263 e. The highest BCUT2D eigenvalue weighted by Crippen LogP contribution is 2.29. The molecule has 26 heavy (non-hydrogen) atoms. The number of nitrogens with one attached hydrogen (secondary N) is 1. The molecule has 2 aromatic carbocycles. The molecule has 1 N–H and O–H groups in total. The highest BCUT2D eigenvalue weighted by molar-refractivity contribution is 7.93. The number of benzene rings is 2. The van der Waals surface area contributed by atoms with E-state index in [9.17, 15) is 8.42 Å². The number of rotatable bonds is 7. The topological polar surface area (TPSA) is 77.5 Å². The highest BCUT2D eigenvalue weighted by atomic mass is 32.2. The lowest BCUT2D eigenvalue weighted by Crippen LogP contribution is -2.12. The zero-order valence-electron chi connectivity index (χ0n) is 14.3. The molecule has 0 unspecified atom stereocenters. The molecular weight excluding hydrogens is 372 g/mol. The number of thiazole rings is 1. The second-order valence-electron chi connectivity index (χ2n) is 5.28. The fourth-order valence-corrected chi connectivity index (χ4v) is 4.26. The van der Waals surface area contributed by atoms with E-state index >= 15 is 0 Å². The van der Waals surface area contributed by atoms with Gasteiger partial charge in [-0.15, -0.1) is 11.3 Å². The largest absolute Gasteiger partial charge is 0.497 e. The molecule has 0 radical (unpaired) electrons. The third kappa shape index (κ3) is 4.14. The fourth-order valence-electron chi connectivity index (χ4n) is 2.29. The number of hydrogen-bond acceptors (Lipinski definition) is 6. The van der Waals surface area contributed by atoms with Gasteiger partial charge in [0.2, 0.25) is 0 Å². The lowest BCUT2D eigenvalue weighted by molar-refractivity contribution is 0.340. The Morgan fingerprint density at radius 1 is 1.12 bits per heavy atom. The van der Waals surface area contributed by atoms with E-state index < -0.39 is 10.0 Å². The van der Waals surface area contributed by atoms with Crippen LogP contribution in [0.5, 0.6) is 11.5 Å². The number of aromatic nitrogens is 1. The Balaban J connectivity index is 1.79. The van der Waals surface area contributed by atoms with E-state index in [0.717, 1.165) is 5.56 Å². The SMILES string of the molecule is CCOc1ccc(S(=O)(=O)Nc2nc(-c3cccc(OC)c3)cs2)cc1. The first-order chi connectivity index (χ1) is 12.5. The Bertz CT molecular complexity index is 982. The Morgan fingerprint density at radius 3 is 2.58 bits per heavy atom. The summed E-state index contributed by atoms with van der Waals surface area (Å²) in [7, 11) is -2.12. The van der Waals surface area contributed by atoms with Crippen molar-refractivity contribution in [2.45, 2.75) is 11.8 Å². The third-order valence-corrected chi connectivity index (χ3v) is 5.78. The van der Waals surface area contributed by atoms with Gasteiger partial charge in [0.15, 0.2) is 5.13 Å². The predicted molar refractivity (Wildman–Crippen MR) is 103 cm³/mol. The van der Waals surface area contributed by atoms with Gasteiger partial charge in [-0.3, -0.25) is 4.72 Å². The van der Waals surface area contributed by atoms with Crippen LogP contribution in [0.4, 0.5) is 5.13 Å².